The minimum absolute atomic E-state index is 0.752. The van der Waals surface area contributed by atoms with Gasteiger partial charge in [0, 0.05) is 0 Å². The van der Waals surface area contributed by atoms with Crippen LogP contribution in [0.4, 0.5) is 0 Å². The topological polar surface area (TPSA) is 0 Å². The fourth-order valence-electron chi connectivity index (χ4n) is 3.24. The van der Waals surface area contributed by atoms with Crippen LogP contribution in [0.2, 0.25) is 0 Å². The van der Waals surface area contributed by atoms with Crippen molar-refractivity contribution < 1.29 is 0 Å². The second-order valence-corrected chi connectivity index (χ2v) is 6.82. The molecule has 0 fully saturated rings. The zero-order valence-electron chi connectivity index (χ0n) is 14.5. The Kier molecular flexibility index (Phi) is 12.7. The molecule has 0 bridgehead atoms. The van der Waals surface area contributed by atoms with Crippen LogP contribution in [-0.4, -0.2) is 0 Å². The predicted molar refractivity (Wildman–Crippen MR) is 96.7 cm³/mol. The zero-order chi connectivity index (χ0) is 15.0. The molecule has 1 aliphatic carbocycles. The Morgan fingerprint density at radius 2 is 0.905 bits per heavy atom. The molecule has 21 heavy (non-hydrogen) atoms. The van der Waals surface area contributed by atoms with Crippen molar-refractivity contribution >= 4 is 0 Å². The molecule has 0 aromatic carbocycles. The standard InChI is InChI=1S/C21H38/c1-2-3-4-5-6-7-8-9-10-11-12-13-14-15-18-21-19-16-17-20-21/h16-17,19-21H,2-15,18H2,1H3. The lowest BCUT2D eigenvalue weighted by molar-refractivity contribution is 0.526. The molecule has 0 nitrogen and oxygen atoms in total. The maximum atomic E-state index is 2.34. The third-order valence-electron chi connectivity index (χ3n) is 4.72. The normalized spacial score (nSPS) is 14.3. The largest absolute Gasteiger partial charge is 0.0776 e. The van der Waals surface area contributed by atoms with Crippen LogP contribution in [0.15, 0.2) is 24.3 Å². The monoisotopic (exact) mass is 290 g/mol. The Labute approximate surface area is 134 Å². The Hall–Kier alpha value is -0.520. The molecule has 0 aliphatic heterocycles. The van der Waals surface area contributed by atoms with Gasteiger partial charge in [-0.2, -0.15) is 0 Å². The minimum atomic E-state index is 0.752. The first-order chi connectivity index (χ1) is 10.4. The smallest absolute Gasteiger partial charge is 0.00473 e. The number of hydrogen-bond donors (Lipinski definition) is 0. The van der Waals surface area contributed by atoms with Gasteiger partial charge in [0.1, 0.15) is 0 Å². The van der Waals surface area contributed by atoms with E-state index in [0.717, 1.165) is 5.92 Å². The highest BCUT2D eigenvalue weighted by molar-refractivity contribution is 5.17. The van der Waals surface area contributed by atoms with Crippen LogP contribution in [0.25, 0.3) is 0 Å². The Balaban J connectivity index is 1.67. The van der Waals surface area contributed by atoms with Crippen molar-refractivity contribution in [1.82, 2.24) is 0 Å². The summed E-state index contributed by atoms with van der Waals surface area (Å²) in [5.41, 5.74) is 0. The zero-order valence-corrected chi connectivity index (χ0v) is 14.5. The van der Waals surface area contributed by atoms with E-state index in [-0.39, 0.29) is 0 Å². The van der Waals surface area contributed by atoms with Gasteiger partial charge in [-0.3, -0.25) is 0 Å². The van der Waals surface area contributed by atoms with Gasteiger partial charge in [0.15, 0.2) is 0 Å². The summed E-state index contributed by atoms with van der Waals surface area (Å²) >= 11 is 0. The first-order valence-corrected chi connectivity index (χ1v) is 9.78. The summed E-state index contributed by atoms with van der Waals surface area (Å²) in [4.78, 5) is 0. The van der Waals surface area contributed by atoms with E-state index in [4.69, 9.17) is 0 Å². The Bertz CT molecular complexity index is 249. The molecule has 122 valence electrons. The van der Waals surface area contributed by atoms with Gasteiger partial charge in [-0.15, -0.1) is 0 Å². The average molecular weight is 291 g/mol. The summed E-state index contributed by atoms with van der Waals surface area (Å²) in [6.07, 6.45) is 30.8. The lowest BCUT2D eigenvalue weighted by Gasteiger charge is -2.05. The first kappa shape index (κ1) is 18.5. The van der Waals surface area contributed by atoms with Crippen LogP contribution in [0.3, 0.4) is 0 Å². The molecule has 0 heteroatoms. The van der Waals surface area contributed by atoms with Crippen molar-refractivity contribution in [2.75, 3.05) is 0 Å². The number of unbranched alkanes of at least 4 members (excludes halogenated alkanes) is 13. The fourth-order valence-corrected chi connectivity index (χ4v) is 3.24. The summed E-state index contributed by atoms with van der Waals surface area (Å²) < 4.78 is 0. The highest BCUT2D eigenvalue weighted by Gasteiger charge is 2.02. The maximum Gasteiger partial charge on any atom is -0.00473 e. The van der Waals surface area contributed by atoms with Crippen LogP contribution in [-0.2, 0) is 0 Å². The van der Waals surface area contributed by atoms with E-state index < -0.39 is 0 Å². The van der Waals surface area contributed by atoms with Gasteiger partial charge in [0.05, 0.1) is 0 Å². The van der Waals surface area contributed by atoms with Crippen LogP contribution < -0.4 is 0 Å². The van der Waals surface area contributed by atoms with Crippen molar-refractivity contribution in [2.24, 2.45) is 5.92 Å². The summed E-state index contributed by atoms with van der Waals surface area (Å²) in [6, 6.07) is 0. The fraction of sp³-hybridized carbons (Fsp3) is 0.810. The Morgan fingerprint density at radius 3 is 1.33 bits per heavy atom. The molecule has 0 spiro atoms. The van der Waals surface area contributed by atoms with E-state index in [9.17, 15) is 0 Å². The van der Waals surface area contributed by atoms with Crippen molar-refractivity contribution in [3.8, 4) is 0 Å². The van der Waals surface area contributed by atoms with Gasteiger partial charge in [-0.1, -0.05) is 121 Å². The van der Waals surface area contributed by atoms with Crippen molar-refractivity contribution in [1.29, 1.82) is 0 Å². The molecule has 1 aliphatic rings. The van der Waals surface area contributed by atoms with E-state index in [1.165, 1.54) is 96.3 Å². The summed E-state index contributed by atoms with van der Waals surface area (Å²) in [5, 5.41) is 0. The molecule has 1 rings (SSSR count). The van der Waals surface area contributed by atoms with Crippen LogP contribution in [0.1, 0.15) is 103 Å². The lowest BCUT2D eigenvalue weighted by atomic mass is 10.0. The van der Waals surface area contributed by atoms with E-state index in [1.54, 1.807) is 0 Å². The molecule has 0 amide bonds. The molecule has 0 aromatic rings. The lowest BCUT2D eigenvalue weighted by Crippen LogP contribution is -1.89. The van der Waals surface area contributed by atoms with Gasteiger partial charge < -0.3 is 0 Å². The minimum Gasteiger partial charge on any atom is -0.0776 e. The number of rotatable bonds is 15. The molecule has 0 atom stereocenters. The highest BCUT2D eigenvalue weighted by atomic mass is 14.1. The van der Waals surface area contributed by atoms with Crippen LogP contribution in [0, 0.1) is 5.92 Å². The van der Waals surface area contributed by atoms with E-state index in [0.29, 0.717) is 0 Å². The second-order valence-electron chi connectivity index (χ2n) is 6.82. The summed E-state index contributed by atoms with van der Waals surface area (Å²) in [7, 11) is 0. The van der Waals surface area contributed by atoms with Gasteiger partial charge in [-0.05, 0) is 12.3 Å². The van der Waals surface area contributed by atoms with E-state index in [1.807, 2.05) is 0 Å². The SMILES string of the molecule is CCCCCCCCCCCCCCCCC1C=CC=C1. The van der Waals surface area contributed by atoms with Crippen molar-refractivity contribution in [2.45, 2.75) is 103 Å². The van der Waals surface area contributed by atoms with Gasteiger partial charge in [0.2, 0.25) is 0 Å². The quantitative estimate of drug-likeness (QED) is 0.272. The third-order valence-corrected chi connectivity index (χ3v) is 4.72. The van der Waals surface area contributed by atoms with Gasteiger partial charge in [0.25, 0.3) is 0 Å². The molecule has 0 heterocycles. The van der Waals surface area contributed by atoms with Crippen LogP contribution >= 0.6 is 0 Å². The highest BCUT2D eigenvalue weighted by Crippen LogP contribution is 2.18. The van der Waals surface area contributed by atoms with E-state index in [2.05, 4.69) is 31.2 Å². The summed E-state index contributed by atoms with van der Waals surface area (Å²) in [5.74, 6) is 0.752. The molecule has 0 saturated carbocycles. The maximum absolute atomic E-state index is 2.34. The van der Waals surface area contributed by atoms with Gasteiger partial charge >= 0.3 is 0 Å². The second kappa shape index (κ2) is 14.4. The molecular formula is C21H38. The van der Waals surface area contributed by atoms with Crippen LogP contribution in [0.5, 0.6) is 0 Å². The third kappa shape index (κ3) is 11.8. The summed E-state index contributed by atoms with van der Waals surface area (Å²) in [6.45, 7) is 2.29. The molecule has 0 aromatic heterocycles. The molecule has 0 unspecified atom stereocenters. The van der Waals surface area contributed by atoms with E-state index >= 15 is 0 Å². The average Bonchev–Trinajstić information content (AvgIpc) is 3.01. The first-order valence-electron chi connectivity index (χ1n) is 9.78. The van der Waals surface area contributed by atoms with Crippen molar-refractivity contribution in [3.05, 3.63) is 24.3 Å². The van der Waals surface area contributed by atoms with Crippen molar-refractivity contribution in [3.63, 3.8) is 0 Å². The molecule has 0 radical (unpaired) electrons. The van der Waals surface area contributed by atoms with Gasteiger partial charge in [-0.25, -0.2) is 0 Å². The number of hydrogen-bond acceptors (Lipinski definition) is 0. The number of allylic oxidation sites excluding steroid dienone is 4. The predicted octanol–water partition coefficient (Wildman–Crippen LogP) is 7.60. The molecule has 0 saturated heterocycles. The molecular weight excluding hydrogens is 252 g/mol. The Morgan fingerprint density at radius 1 is 0.524 bits per heavy atom. The molecule has 0 N–H and O–H groups in total.